The van der Waals surface area contributed by atoms with Crippen LogP contribution in [0.15, 0.2) is 0 Å². The summed E-state index contributed by atoms with van der Waals surface area (Å²) < 4.78 is 4.90. The fourth-order valence-electron chi connectivity index (χ4n) is 0.725. The molecule has 0 radical (unpaired) electrons. The van der Waals surface area contributed by atoms with Crippen molar-refractivity contribution in [1.82, 2.24) is 5.32 Å². The van der Waals surface area contributed by atoms with Gasteiger partial charge in [-0.25, -0.2) is 0 Å². The highest BCUT2D eigenvalue weighted by Gasteiger charge is 1.85. The molecule has 0 rings (SSSR count). The molecule has 0 atom stereocenters. The van der Waals surface area contributed by atoms with E-state index in [9.17, 15) is 0 Å². The summed E-state index contributed by atoms with van der Waals surface area (Å²) in [6, 6.07) is 0. The van der Waals surface area contributed by atoms with Crippen LogP contribution < -0.4 is 5.32 Å². The minimum atomic E-state index is 0.906. The molecule has 0 heterocycles. The molecular weight excluding hydrogens is 138 g/mol. The number of unbranched alkanes of at least 4 members (excludes halogenated alkanes) is 2. The van der Waals surface area contributed by atoms with E-state index in [-0.39, 0.29) is 0 Å². The van der Waals surface area contributed by atoms with Gasteiger partial charge in [0, 0.05) is 13.7 Å². The van der Waals surface area contributed by atoms with E-state index >= 15 is 0 Å². The standard InChI is InChI=1S/C7H17NO.C2H6/c1-8-6-4-3-5-7-9-2;1-2/h8H,3-7H2,1-2H3;1-2H3. The summed E-state index contributed by atoms with van der Waals surface area (Å²) in [5.41, 5.74) is 0. The molecule has 0 aliphatic carbocycles. The first-order chi connectivity index (χ1) is 5.41. The number of nitrogens with one attached hydrogen (secondary N) is 1. The Hall–Kier alpha value is -0.0800. The molecule has 0 bridgehead atoms. The Bertz CT molecular complexity index is 42.8. The predicted octanol–water partition coefficient (Wildman–Crippen LogP) is 2.05. The average Bonchev–Trinajstić information content (AvgIpc) is 2.08. The first-order valence-corrected chi connectivity index (χ1v) is 4.55. The van der Waals surface area contributed by atoms with Gasteiger partial charge >= 0.3 is 0 Å². The summed E-state index contributed by atoms with van der Waals surface area (Å²) in [4.78, 5) is 0. The zero-order chi connectivity index (χ0) is 8.95. The van der Waals surface area contributed by atoms with Crippen LogP contribution in [0.25, 0.3) is 0 Å². The number of hydrogen-bond donors (Lipinski definition) is 1. The number of methoxy groups -OCH3 is 1. The molecular formula is C9H23NO. The molecule has 0 amide bonds. The summed E-state index contributed by atoms with van der Waals surface area (Å²) >= 11 is 0. The minimum Gasteiger partial charge on any atom is -0.385 e. The molecule has 0 saturated carbocycles. The predicted molar refractivity (Wildman–Crippen MR) is 51.0 cm³/mol. The van der Waals surface area contributed by atoms with Gasteiger partial charge in [0.05, 0.1) is 0 Å². The van der Waals surface area contributed by atoms with E-state index in [1.807, 2.05) is 20.9 Å². The quantitative estimate of drug-likeness (QED) is 0.602. The molecule has 0 aromatic carbocycles. The lowest BCUT2D eigenvalue weighted by molar-refractivity contribution is 0.192. The van der Waals surface area contributed by atoms with E-state index in [0.29, 0.717) is 0 Å². The molecule has 2 nitrogen and oxygen atoms in total. The van der Waals surface area contributed by atoms with Gasteiger partial charge in [-0.1, -0.05) is 13.8 Å². The first kappa shape index (κ1) is 13.5. The summed E-state index contributed by atoms with van der Waals surface area (Å²) in [6.45, 7) is 6.04. The highest BCUT2D eigenvalue weighted by molar-refractivity contribution is 4.42. The molecule has 0 fully saturated rings. The van der Waals surface area contributed by atoms with Gasteiger partial charge in [-0.15, -0.1) is 0 Å². The van der Waals surface area contributed by atoms with E-state index in [2.05, 4.69) is 5.32 Å². The van der Waals surface area contributed by atoms with Crippen molar-refractivity contribution in [1.29, 1.82) is 0 Å². The maximum atomic E-state index is 4.90. The second-order valence-electron chi connectivity index (χ2n) is 2.16. The Morgan fingerprint density at radius 1 is 1.09 bits per heavy atom. The van der Waals surface area contributed by atoms with Gasteiger partial charge in [0.2, 0.25) is 0 Å². The second-order valence-corrected chi connectivity index (χ2v) is 2.16. The van der Waals surface area contributed by atoms with Crippen molar-refractivity contribution < 1.29 is 4.74 Å². The fourth-order valence-corrected chi connectivity index (χ4v) is 0.725. The molecule has 1 N–H and O–H groups in total. The van der Waals surface area contributed by atoms with Crippen molar-refractivity contribution in [3.8, 4) is 0 Å². The molecule has 0 aliphatic heterocycles. The molecule has 2 heteroatoms. The number of hydrogen-bond acceptors (Lipinski definition) is 2. The van der Waals surface area contributed by atoms with Crippen LogP contribution in [0.3, 0.4) is 0 Å². The van der Waals surface area contributed by atoms with Crippen LogP contribution in [-0.2, 0) is 4.74 Å². The van der Waals surface area contributed by atoms with E-state index in [1.54, 1.807) is 7.11 Å². The van der Waals surface area contributed by atoms with Crippen LogP contribution in [0, 0.1) is 0 Å². The maximum Gasteiger partial charge on any atom is 0.0462 e. The van der Waals surface area contributed by atoms with Crippen molar-refractivity contribution in [2.75, 3.05) is 27.3 Å². The molecule has 0 saturated heterocycles. The van der Waals surface area contributed by atoms with E-state index in [0.717, 1.165) is 13.2 Å². The third kappa shape index (κ3) is 17.8. The van der Waals surface area contributed by atoms with Crippen LogP contribution in [0.5, 0.6) is 0 Å². The zero-order valence-electron chi connectivity index (χ0n) is 8.44. The lowest BCUT2D eigenvalue weighted by atomic mass is 10.2. The number of rotatable bonds is 6. The van der Waals surface area contributed by atoms with Crippen LogP contribution in [0.4, 0.5) is 0 Å². The molecule has 70 valence electrons. The summed E-state index contributed by atoms with van der Waals surface area (Å²) in [5, 5.41) is 3.10. The SMILES string of the molecule is CC.CNCCCCCOC. The van der Waals surface area contributed by atoms with Crippen LogP contribution in [0.2, 0.25) is 0 Å². The Labute approximate surface area is 71.3 Å². The smallest absolute Gasteiger partial charge is 0.0462 e. The van der Waals surface area contributed by atoms with Gasteiger partial charge in [-0.3, -0.25) is 0 Å². The largest absolute Gasteiger partial charge is 0.385 e. The summed E-state index contributed by atoms with van der Waals surface area (Å²) in [7, 11) is 3.73. The Morgan fingerprint density at radius 3 is 2.18 bits per heavy atom. The molecule has 0 aromatic rings. The van der Waals surface area contributed by atoms with Gasteiger partial charge in [0.25, 0.3) is 0 Å². The van der Waals surface area contributed by atoms with Gasteiger partial charge in [-0.2, -0.15) is 0 Å². The van der Waals surface area contributed by atoms with Gasteiger partial charge in [0.15, 0.2) is 0 Å². The molecule has 11 heavy (non-hydrogen) atoms. The average molecular weight is 161 g/mol. The van der Waals surface area contributed by atoms with Crippen molar-refractivity contribution >= 4 is 0 Å². The van der Waals surface area contributed by atoms with E-state index in [4.69, 9.17) is 4.74 Å². The van der Waals surface area contributed by atoms with Crippen LogP contribution in [0.1, 0.15) is 33.1 Å². The topological polar surface area (TPSA) is 21.3 Å². The molecule has 0 unspecified atom stereocenters. The van der Waals surface area contributed by atoms with Gasteiger partial charge < -0.3 is 10.1 Å². The Kier molecular flexibility index (Phi) is 20.2. The second kappa shape index (κ2) is 16.5. The van der Waals surface area contributed by atoms with Crippen molar-refractivity contribution in [3.05, 3.63) is 0 Å². The molecule has 0 aliphatic rings. The summed E-state index contributed by atoms with van der Waals surface area (Å²) in [6.07, 6.45) is 3.73. The Morgan fingerprint density at radius 2 is 1.73 bits per heavy atom. The normalized spacial score (nSPS) is 8.73. The highest BCUT2D eigenvalue weighted by atomic mass is 16.5. The van der Waals surface area contributed by atoms with Crippen molar-refractivity contribution in [3.63, 3.8) is 0 Å². The van der Waals surface area contributed by atoms with Gasteiger partial charge in [-0.05, 0) is 32.9 Å². The zero-order valence-corrected chi connectivity index (χ0v) is 8.44. The third-order valence-corrected chi connectivity index (χ3v) is 1.28. The van der Waals surface area contributed by atoms with Crippen LogP contribution >= 0.6 is 0 Å². The van der Waals surface area contributed by atoms with E-state index in [1.165, 1.54) is 19.3 Å². The minimum absolute atomic E-state index is 0.906. The van der Waals surface area contributed by atoms with Crippen molar-refractivity contribution in [2.24, 2.45) is 0 Å². The molecule has 0 aromatic heterocycles. The first-order valence-electron chi connectivity index (χ1n) is 4.55. The molecule has 0 spiro atoms. The monoisotopic (exact) mass is 161 g/mol. The lowest BCUT2D eigenvalue weighted by Crippen LogP contribution is -2.07. The lowest BCUT2D eigenvalue weighted by Gasteiger charge is -1.98. The van der Waals surface area contributed by atoms with E-state index < -0.39 is 0 Å². The van der Waals surface area contributed by atoms with Gasteiger partial charge in [0.1, 0.15) is 0 Å². The summed E-state index contributed by atoms with van der Waals surface area (Å²) in [5.74, 6) is 0. The Balaban J connectivity index is 0. The highest BCUT2D eigenvalue weighted by Crippen LogP contribution is 1.92. The third-order valence-electron chi connectivity index (χ3n) is 1.28. The fraction of sp³-hybridized carbons (Fsp3) is 1.00. The maximum absolute atomic E-state index is 4.90. The number of ether oxygens (including phenoxy) is 1. The van der Waals surface area contributed by atoms with Crippen LogP contribution in [-0.4, -0.2) is 27.3 Å². The van der Waals surface area contributed by atoms with Crippen molar-refractivity contribution in [2.45, 2.75) is 33.1 Å².